The summed E-state index contributed by atoms with van der Waals surface area (Å²) in [7, 11) is 0. The van der Waals surface area contributed by atoms with Crippen molar-refractivity contribution in [2.75, 3.05) is 6.26 Å². The third-order valence-corrected chi connectivity index (χ3v) is 9.32. The Morgan fingerprint density at radius 3 is 2.75 bits per heavy atom. The van der Waals surface area contributed by atoms with Gasteiger partial charge in [-0.2, -0.15) is 0 Å². The van der Waals surface area contributed by atoms with Crippen LogP contribution in [0.4, 0.5) is 4.39 Å². The van der Waals surface area contributed by atoms with Crippen LogP contribution in [0.15, 0.2) is 43.0 Å². The van der Waals surface area contributed by atoms with E-state index >= 15 is 4.39 Å². The third-order valence-electron chi connectivity index (χ3n) is 5.99. The maximum atomic E-state index is 16.1. The van der Waals surface area contributed by atoms with Crippen molar-refractivity contribution in [3.05, 3.63) is 53.7 Å². The Labute approximate surface area is 192 Å². The average molecular weight is 495 g/mol. The normalized spacial score (nSPS) is 37.0. The molecular weight excluding hydrogens is 483 g/mol. The van der Waals surface area contributed by atoms with Crippen molar-refractivity contribution in [2.45, 2.75) is 26.7 Å². The summed E-state index contributed by atoms with van der Waals surface area (Å²) in [6, 6.07) is 7.88. The molecule has 1 N–H and O–H groups in total. The van der Waals surface area contributed by atoms with E-state index in [9.17, 15) is 14.7 Å². The molecule has 2 aromatic heterocycles. The van der Waals surface area contributed by atoms with E-state index in [4.69, 9.17) is 21.1 Å². The first-order valence-electron chi connectivity index (χ1n) is 9.27. The van der Waals surface area contributed by atoms with Gasteiger partial charge in [0.25, 0.3) is 5.60 Å². The molecule has 13 heteroatoms. The second-order valence-corrected chi connectivity index (χ2v) is 10.4. The van der Waals surface area contributed by atoms with Gasteiger partial charge in [-0.25, -0.2) is 24.1 Å². The summed E-state index contributed by atoms with van der Waals surface area (Å²) < 4.78 is 27.1. The molecule has 9 nitrogen and oxygen atoms in total. The zero-order valence-corrected chi connectivity index (χ0v) is 18.4. The van der Waals surface area contributed by atoms with Crippen LogP contribution in [0.5, 0.6) is 0 Å². The van der Waals surface area contributed by atoms with Gasteiger partial charge in [0.2, 0.25) is 26.9 Å². The number of ether oxygens (including phenoxy) is 2. The van der Waals surface area contributed by atoms with Crippen LogP contribution in [-0.4, -0.2) is 63.6 Å². The van der Waals surface area contributed by atoms with E-state index in [1.54, 1.807) is 24.5 Å². The van der Waals surface area contributed by atoms with E-state index in [1.807, 2.05) is 0 Å². The van der Waals surface area contributed by atoms with E-state index in [-0.39, 0.29) is 21.9 Å². The SMILES string of the molecule is CSC1(O)S[C@@]12O[C@]1(n3cnc4c(Cl)ncnc43)C(=O)[C@]2(OC(=O)c2ccccc2)[C@@H]1F. The van der Waals surface area contributed by atoms with Crippen molar-refractivity contribution in [2.24, 2.45) is 0 Å². The minimum absolute atomic E-state index is 0.0169. The van der Waals surface area contributed by atoms with Crippen molar-refractivity contribution < 1.29 is 28.6 Å². The number of rotatable bonds is 4. The number of imidazole rings is 1. The summed E-state index contributed by atoms with van der Waals surface area (Å²) >= 11 is 7.82. The first-order valence-corrected chi connectivity index (χ1v) is 11.7. The highest BCUT2D eigenvalue weighted by atomic mass is 35.5. The number of ketones is 1. The van der Waals surface area contributed by atoms with Crippen LogP contribution in [-0.2, 0) is 20.0 Å². The molecule has 1 spiro atoms. The number of esters is 1. The van der Waals surface area contributed by atoms with Crippen LogP contribution in [0.25, 0.3) is 11.2 Å². The van der Waals surface area contributed by atoms with Gasteiger partial charge in [0.05, 0.1) is 5.56 Å². The molecule has 2 bridgehead atoms. The Hall–Kier alpha value is -2.25. The van der Waals surface area contributed by atoms with Gasteiger partial charge in [-0.15, -0.1) is 11.8 Å². The van der Waals surface area contributed by atoms with Gasteiger partial charge in [-0.05, 0) is 18.4 Å². The fourth-order valence-electron chi connectivity index (χ4n) is 4.42. The Morgan fingerprint density at radius 1 is 1.34 bits per heavy atom. The number of hydrogen-bond acceptors (Lipinski definition) is 10. The number of aliphatic hydroxyl groups is 1. The fraction of sp³-hybridized carbons (Fsp3) is 0.316. The highest BCUT2D eigenvalue weighted by Gasteiger charge is 3.03. The molecule has 4 fully saturated rings. The van der Waals surface area contributed by atoms with Crippen molar-refractivity contribution in [1.82, 2.24) is 19.5 Å². The van der Waals surface area contributed by atoms with E-state index < -0.39 is 38.4 Å². The van der Waals surface area contributed by atoms with Crippen LogP contribution >= 0.6 is 35.1 Å². The number of carbonyl (C=O) groups excluding carboxylic acids is 2. The fourth-order valence-corrected chi connectivity index (χ4v) is 7.08. The molecule has 3 aliphatic heterocycles. The Balaban J connectivity index is 1.50. The minimum atomic E-state index is -2.35. The van der Waals surface area contributed by atoms with Crippen LogP contribution in [0.2, 0.25) is 5.15 Å². The molecule has 1 aliphatic carbocycles. The third kappa shape index (κ3) is 2.04. The van der Waals surface area contributed by atoms with Crippen LogP contribution < -0.4 is 0 Å². The van der Waals surface area contributed by atoms with Gasteiger partial charge in [0, 0.05) is 0 Å². The number of Topliss-reactive ketones (excluding diaryl/α,β-unsaturated/α-hetero) is 1. The van der Waals surface area contributed by atoms with Crippen LogP contribution in [0.3, 0.4) is 0 Å². The Kier molecular flexibility index (Phi) is 3.95. The lowest BCUT2D eigenvalue weighted by Crippen LogP contribution is -2.75. The Morgan fingerprint density at radius 2 is 2.09 bits per heavy atom. The van der Waals surface area contributed by atoms with Gasteiger partial charge in [0.1, 0.15) is 18.2 Å². The van der Waals surface area contributed by atoms with Crippen molar-refractivity contribution in [3.8, 4) is 0 Å². The number of carbonyl (C=O) groups is 2. The largest absolute Gasteiger partial charge is 0.439 e. The number of alkyl halides is 1. The van der Waals surface area contributed by atoms with E-state index in [1.165, 1.54) is 18.5 Å². The molecule has 5 heterocycles. The van der Waals surface area contributed by atoms with Gasteiger partial charge in [-0.3, -0.25) is 9.36 Å². The van der Waals surface area contributed by atoms with Crippen molar-refractivity contribution in [3.63, 3.8) is 0 Å². The first-order chi connectivity index (χ1) is 15.3. The molecule has 7 rings (SSSR count). The molecule has 3 saturated heterocycles. The first kappa shape index (κ1) is 20.4. The van der Waals surface area contributed by atoms with Crippen LogP contribution in [0, 0.1) is 0 Å². The summed E-state index contributed by atoms with van der Waals surface area (Å²) in [5.41, 5.74) is -4.23. The number of benzene rings is 1. The van der Waals surface area contributed by atoms with Crippen molar-refractivity contribution in [1.29, 1.82) is 0 Å². The number of nitrogens with zero attached hydrogens (tertiary/aromatic N) is 4. The molecule has 1 aromatic carbocycles. The smallest absolute Gasteiger partial charge is 0.339 e. The summed E-state index contributed by atoms with van der Waals surface area (Å²) in [4.78, 5) is 36.6. The molecule has 4 aliphatic rings. The lowest BCUT2D eigenvalue weighted by Gasteiger charge is -2.45. The topological polar surface area (TPSA) is 116 Å². The molecule has 164 valence electrons. The number of halogens is 2. The lowest BCUT2D eigenvalue weighted by molar-refractivity contribution is -0.194. The minimum Gasteiger partial charge on any atom is -0.439 e. The van der Waals surface area contributed by atoms with Gasteiger partial charge in [-0.1, -0.05) is 41.6 Å². The maximum Gasteiger partial charge on any atom is 0.339 e. The number of fused-ring (bicyclic) bond motifs is 1. The summed E-state index contributed by atoms with van der Waals surface area (Å²) in [5.74, 6) is -1.76. The number of hydrogen-bond donors (Lipinski definition) is 1. The number of aromatic nitrogens is 4. The predicted octanol–water partition coefficient (Wildman–Crippen LogP) is 2.13. The molecule has 32 heavy (non-hydrogen) atoms. The molecule has 0 radical (unpaired) electrons. The second-order valence-electron chi connectivity index (χ2n) is 7.44. The monoisotopic (exact) mass is 494 g/mol. The zero-order valence-electron chi connectivity index (χ0n) is 16.1. The predicted molar refractivity (Wildman–Crippen MR) is 113 cm³/mol. The van der Waals surface area contributed by atoms with E-state index in [2.05, 4.69) is 15.0 Å². The quantitative estimate of drug-likeness (QED) is 0.250. The molecule has 0 amide bonds. The molecule has 1 unspecified atom stereocenters. The van der Waals surface area contributed by atoms with Gasteiger partial charge in [0.15, 0.2) is 10.8 Å². The zero-order chi connectivity index (χ0) is 22.5. The second kappa shape index (κ2) is 6.20. The lowest BCUT2D eigenvalue weighted by atomic mass is 9.69. The number of thioether (sulfide) groups is 2. The van der Waals surface area contributed by atoms with Gasteiger partial charge >= 0.3 is 5.97 Å². The average Bonchev–Trinajstić information content (AvgIpc) is 3.05. The standard InChI is InChI=1S/C19H12ClFN4O5S2/c1-31-19(28)18(32-19)16(29-13(26)9-5-3-2-4-6-9)14(21)17(30-18,15(16)27)25-8-24-10-11(20)22-7-23-12(10)25/h2-8,14,28H,1H3/t14-,16+,17-,18+,19?/m0/s1. The molecule has 1 saturated carbocycles. The van der Waals surface area contributed by atoms with Gasteiger partial charge < -0.3 is 14.6 Å². The summed E-state index contributed by atoms with van der Waals surface area (Å²) in [6.07, 6.45) is 1.75. The molecule has 3 aromatic rings. The van der Waals surface area contributed by atoms with E-state index in [0.717, 1.165) is 34.4 Å². The maximum absolute atomic E-state index is 16.1. The highest BCUT2D eigenvalue weighted by Crippen LogP contribution is 2.83. The van der Waals surface area contributed by atoms with Crippen molar-refractivity contribution >= 4 is 58.0 Å². The molecular formula is C19H12ClFN4O5S2. The van der Waals surface area contributed by atoms with Crippen LogP contribution in [0.1, 0.15) is 10.4 Å². The summed E-state index contributed by atoms with van der Waals surface area (Å²) in [5, 5.41) is 11.0. The Bertz CT molecular complexity index is 1330. The molecule has 5 atom stereocenters. The van der Waals surface area contributed by atoms with E-state index in [0.29, 0.717) is 0 Å². The summed E-state index contributed by atoms with van der Waals surface area (Å²) in [6.45, 7) is 0. The highest BCUT2D eigenvalue weighted by molar-refractivity contribution is 8.25.